The number of amidine groups is 1. The third kappa shape index (κ3) is 4.77. The zero-order valence-corrected chi connectivity index (χ0v) is 15.3. The standard InChI is InChI=1S/C20H23N3O4/c1-25-16-10-8-15(9-11-16)17-12-21-19(23-26-2)18(17)22-20(24)27-13-14-6-4-3-5-7-14/h3-11,17-18H,12-13H2,1-2H3,(H,21,23)(H,22,24). The Morgan fingerprint density at radius 2 is 1.85 bits per heavy atom. The first-order valence-electron chi connectivity index (χ1n) is 8.65. The maximum Gasteiger partial charge on any atom is 0.408 e. The van der Waals surface area contributed by atoms with Gasteiger partial charge in [0.05, 0.1) is 20.8 Å². The number of nitrogens with one attached hydrogen (secondary N) is 2. The average molecular weight is 369 g/mol. The molecule has 1 aliphatic rings. The van der Waals surface area contributed by atoms with Crippen LogP contribution in [0, 0.1) is 0 Å². The molecule has 7 heteroatoms. The number of hydrogen-bond acceptors (Lipinski definition) is 6. The van der Waals surface area contributed by atoms with E-state index >= 15 is 0 Å². The van der Waals surface area contributed by atoms with E-state index in [-0.39, 0.29) is 18.6 Å². The third-order valence-corrected chi connectivity index (χ3v) is 4.39. The number of ether oxygens (including phenoxy) is 2. The summed E-state index contributed by atoms with van der Waals surface area (Å²) in [5, 5.41) is 2.90. The molecule has 0 bridgehead atoms. The van der Waals surface area contributed by atoms with E-state index in [1.54, 1.807) is 7.11 Å². The van der Waals surface area contributed by atoms with Crippen molar-refractivity contribution in [3.05, 3.63) is 65.7 Å². The van der Waals surface area contributed by atoms with Crippen LogP contribution in [0.4, 0.5) is 4.79 Å². The summed E-state index contributed by atoms with van der Waals surface area (Å²) in [6.45, 7) is 0.735. The van der Waals surface area contributed by atoms with E-state index in [0.717, 1.165) is 16.9 Å². The lowest BCUT2D eigenvalue weighted by atomic mass is 9.93. The molecule has 0 spiro atoms. The normalized spacial score (nSPS) is 18.5. The van der Waals surface area contributed by atoms with Crippen LogP contribution in [0.15, 0.2) is 59.6 Å². The van der Waals surface area contributed by atoms with E-state index in [0.29, 0.717) is 12.4 Å². The van der Waals surface area contributed by atoms with E-state index in [9.17, 15) is 4.79 Å². The van der Waals surface area contributed by atoms with Crippen molar-refractivity contribution in [3.8, 4) is 5.75 Å². The number of nitrogens with zero attached hydrogens (tertiary/aromatic N) is 1. The van der Waals surface area contributed by atoms with Gasteiger partial charge in [-0.25, -0.2) is 4.79 Å². The second-order valence-electron chi connectivity index (χ2n) is 6.10. The van der Waals surface area contributed by atoms with Gasteiger partial charge < -0.3 is 14.8 Å². The van der Waals surface area contributed by atoms with E-state index in [4.69, 9.17) is 14.3 Å². The summed E-state index contributed by atoms with van der Waals surface area (Å²) in [5.41, 5.74) is 4.72. The van der Waals surface area contributed by atoms with Gasteiger partial charge >= 0.3 is 6.09 Å². The first-order chi connectivity index (χ1) is 13.2. The Morgan fingerprint density at radius 3 is 2.52 bits per heavy atom. The summed E-state index contributed by atoms with van der Waals surface area (Å²) in [6, 6.07) is 16.9. The van der Waals surface area contributed by atoms with Crippen molar-refractivity contribution < 1.29 is 19.1 Å². The topological polar surface area (TPSA) is 81.2 Å². The number of rotatable bonds is 6. The van der Waals surface area contributed by atoms with Crippen LogP contribution in [0.2, 0.25) is 0 Å². The summed E-state index contributed by atoms with van der Waals surface area (Å²) >= 11 is 0. The van der Waals surface area contributed by atoms with Gasteiger partial charge in [-0.2, -0.15) is 0 Å². The quantitative estimate of drug-likeness (QED) is 0.765. The Morgan fingerprint density at radius 1 is 1.11 bits per heavy atom. The molecule has 2 aromatic rings. The van der Waals surface area contributed by atoms with E-state index in [1.165, 1.54) is 7.11 Å². The number of methoxy groups -OCH3 is 1. The Kier molecular flexibility index (Phi) is 6.27. The van der Waals surface area contributed by atoms with Crippen LogP contribution >= 0.6 is 0 Å². The predicted octanol–water partition coefficient (Wildman–Crippen LogP) is 2.64. The Balaban J connectivity index is 1.67. The molecule has 1 amide bonds. The highest BCUT2D eigenvalue weighted by Gasteiger charge is 2.34. The number of aliphatic imine (C=N–C) groups is 1. The van der Waals surface area contributed by atoms with Crippen LogP contribution in [0.25, 0.3) is 0 Å². The highest BCUT2D eigenvalue weighted by Crippen LogP contribution is 2.27. The monoisotopic (exact) mass is 369 g/mol. The number of amides is 1. The van der Waals surface area contributed by atoms with Gasteiger partial charge in [-0.3, -0.25) is 15.3 Å². The molecular weight excluding hydrogens is 346 g/mol. The highest BCUT2D eigenvalue weighted by atomic mass is 16.6. The van der Waals surface area contributed by atoms with Gasteiger partial charge in [0.2, 0.25) is 0 Å². The molecule has 0 aliphatic carbocycles. The SMILES string of the molecule is CONC1=NCC(c2ccc(OC)cc2)C1NC(=O)OCc1ccccc1. The van der Waals surface area contributed by atoms with Crippen molar-refractivity contribution in [1.82, 2.24) is 10.8 Å². The lowest BCUT2D eigenvalue weighted by Gasteiger charge is -2.22. The number of hydrogen-bond donors (Lipinski definition) is 2. The Bertz CT molecular complexity index is 778. The van der Waals surface area contributed by atoms with Crippen LogP contribution in [-0.2, 0) is 16.2 Å². The molecule has 7 nitrogen and oxygen atoms in total. The first-order valence-corrected chi connectivity index (χ1v) is 8.65. The molecule has 0 saturated heterocycles. The zero-order chi connectivity index (χ0) is 19.1. The van der Waals surface area contributed by atoms with Crippen molar-refractivity contribution in [3.63, 3.8) is 0 Å². The smallest absolute Gasteiger partial charge is 0.408 e. The molecule has 0 fully saturated rings. The minimum absolute atomic E-state index is 0.0298. The van der Waals surface area contributed by atoms with Crippen LogP contribution in [0.1, 0.15) is 17.0 Å². The van der Waals surface area contributed by atoms with Crippen molar-refractivity contribution in [2.45, 2.75) is 18.6 Å². The molecule has 27 heavy (non-hydrogen) atoms. The molecule has 2 N–H and O–H groups in total. The number of benzene rings is 2. The Labute approximate surface area is 158 Å². The second-order valence-corrected chi connectivity index (χ2v) is 6.10. The molecular formula is C20H23N3O4. The fourth-order valence-corrected chi connectivity index (χ4v) is 3.00. The molecule has 0 saturated carbocycles. The van der Waals surface area contributed by atoms with E-state index in [2.05, 4.69) is 15.8 Å². The molecule has 1 aliphatic heterocycles. The molecule has 2 unspecified atom stereocenters. The maximum absolute atomic E-state index is 12.3. The summed E-state index contributed by atoms with van der Waals surface area (Å²) < 4.78 is 10.5. The zero-order valence-electron chi connectivity index (χ0n) is 15.3. The van der Waals surface area contributed by atoms with Gasteiger partial charge in [0, 0.05) is 5.92 Å². The van der Waals surface area contributed by atoms with Gasteiger partial charge in [-0.05, 0) is 23.3 Å². The Hall–Kier alpha value is -3.06. The van der Waals surface area contributed by atoms with Crippen LogP contribution in [-0.4, -0.2) is 38.7 Å². The summed E-state index contributed by atoms with van der Waals surface area (Å²) in [7, 11) is 3.13. The van der Waals surface area contributed by atoms with Gasteiger partial charge in [0.1, 0.15) is 24.2 Å². The molecule has 0 aromatic heterocycles. The van der Waals surface area contributed by atoms with Crippen molar-refractivity contribution in [2.75, 3.05) is 20.8 Å². The largest absolute Gasteiger partial charge is 0.497 e. The molecule has 3 rings (SSSR count). The lowest BCUT2D eigenvalue weighted by molar-refractivity contribution is 0.131. The number of hydroxylamine groups is 1. The van der Waals surface area contributed by atoms with Crippen LogP contribution < -0.4 is 15.5 Å². The highest BCUT2D eigenvalue weighted by molar-refractivity contribution is 5.92. The minimum atomic E-state index is -0.505. The second kappa shape index (κ2) is 9.05. The predicted molar refractivity (Wildman–Crippen MR) is 102 cm³/mol. The van der Waals surface area contributed by atoms with Gasteiger partial charge in [-0.1, -0.05) is 42.5 Å². The molecule has 0 radical (unpaired) electrons. The maximum atomic E-state index is 12.3. The number of alkyl carbamates (subject to hydrolysis) is 1. The molecule has 2 atom stereocenters. The van der Waals surface area contributed by atoms with Gasteiger partial charge in [0.25, 0.3) is 0 Å². The summed E-state index contributed by atoms with van der Waals surface area (Å²) in [5.74, 6) is 1.31. The van der Waals surface area contributed by atoms with E-state index in [1.807, 2.05) is 54.6 Å². The van der Waals surface area contributed by atoms with Crippen molar-refractivity contribution >= 4 is 11.9 Å². The van der Waals surface area contributed by atoms with Gasteiger partial charge in [-0.15, -0.1) is 0 Å². The van der Waals surface area contributed by atoms with E-state index < -0.39 is 6.09 Å². The van der Waals surface area contributed by atoms with Crippen molar-refractivity contribution in [2.24, 2.45) is 4.99 Å². The summed E-state index contributed by atoms with van der Waals surface area (Å²) in [4.78, 5) is 21.8. The van der Waals surface area contributed by atoms with Crippen molar-refractivity contribution in [1.29, 1.82) is 0 Å². The summed E-state index contributed by atoms with van der Waals surface area (Å²) in [6.07, 6.45) is -0.505. The molecule has 2 aromatic carbocycles. The molecule has 142 valence electrons. The first kappa shape index (κ1) is 18.7. The third-order valence-electron chi connectivity index (χ3n) is 4.39. The number of carbonyl (C=O) groups excluding carboxylic acids is 1. The molecule has 1 heterocycles. The van der Waals surface area contributed by atoms with Crippen LogP contribution in [0.5, 0.6) is 5.75 Å². The fraction of sp³-hybridized carbons (Fsp3) is 0.300. The number of carbonyl (C=O) groups is 1. The minimum Gasteiger partial charge on any atom is -0.497 e. The van der Waals surface area contributed by atoms with Crippen LogP contribution in [0.3, 0.4) is 0 Å². The average Bonchev–Trinajstić information content (AvgIpc) is 3.10. The van der Waals surface area contributed by atoms with Gasteiger partial charge in [0.15, 0.2) is 0 Å². The fourth-order valence-electron chi connectivity index (χ4n) is 3.00. The lowest BCUT2D eigenvalue weighted by Crippen LogP contribution is -2.47.